The van der Waals surface area contributed by atoms with Gasteiger partial charge in [-0.25, -0.2) is 4.68 Å². The molecule has 0 radical (unpaired) electrons. The maximum Gasteiger partial charge on any atom is 0.276 e. The summed E-state index contributed by atoms with van der Waals surface area (Å²) in [5.41, 5.74) is 3.96. The van der Waals surface area contributed by atoms with E-state index in [0.29, 0.717) is 12.6 Å². The van der Waals surface area contributed by atoms with Gasteiger partial charge in [-0.2, -0.15) is 0 Å². The van der Waals surface area contributed by atoms with Crippen LogP contribution in [0.15, 0.2) is 59.5 Å². The molecule has 4 rings (SSSR count). The van der Waals surface area contributed by atoms with Gasteiger partial charge in [0.2, 0.25) is 0 Å². The van der Waals surface area contributed by atoms with Crippen molar-refractivity contribution in [3.8, 4) is 5.69 Å². The standard InChI is InChI=1S/C21H24N4O/c1-16-18(21(26)25(23(16)2)17-9-4-3-5-10-17)15-24-14-8-12-20(24)19-11-6-7-13-22-19/h3-7,9-11,13,20H,8,12,14-15H2,1-2H3. The van der Waals surface area contributed by atoms with Gasteiger partial charge in [0, 0.05) is 25.5 Å². The monoisotopic (exact) mass is 348 g/mol. The first-order chi connectivity index (χ1) is 12.7. The minimum absolute atomic E-state index is 0.0721. The molecule has 0 aliphatic carbocycles. The lowest BCUT2D eigenvalue weighted by Gasteiger charge is -2.23. The molecule has 2 aromatic heterocycles. The van der Waals surface area contributed by atoms with E-state index in [-0.39, 0.29) is 5.56 Å². The van der Waals surface area contributed by atoms with Gasteiger partial charge in [-0.05, 0) is 50.6 Å². The molecule has 1 aromatic carbocycles. The van der Waals surface area contributed by atoms with Gasteiger partial charge in [-0.15, -0.1) is 0 Å². The molecule has 1 atom stereocenters. The van der Waals surface area contributed by atoms with Crippen LogP contribution in [-0.2, 0) is 13.6 Å². The van der Waals surface area contributed by atoms with Crippen LogP contribution in [0.25, 0.3) is 5.69 Å². The van der Waals surface area contributed by atoms with Crippen molar-refractivity contribution in [1.29, 1.82) is 0 Å². The van der Waals surface area contributed by atoms with Crippen molar-refractivity contribution in [1.82, 2.24) is 19.2 Å². The largest absolute Gasteiger partial charge is 0.290 e. The maximum atomic E-state index is 13.1. The molecule has 0 N–H and O–H groups in total. The number of pyridine rings is 1. The molecule has 3 aromatic rings. The quantitative estimate of drug-likeness (QED) is 0.727. The molecule has 5 heteroatoms. The lowest BCUT2D eigenvalue weighted by atomic mass is 10.1. The Labute approximate surface area is 153 Å². The summed E-state index contributed by atoms with van der Waals surface area (Å²) in [5.74, 6) is 0. The Bertz CT molecular complexity index is 943. The summed E-state index contributed by atoms with van der Waals surface area (Å²) < 4.78 is 3.72. The first kappa shape index (κ1) is 16.8. The third kappa shape index (κ3) is 2.88. The molecular formula is C21H24N4O. The van der Waals surface area contributed by atoms with Gasteiger partial charge in [-0.1, -0.05) is 24.3 Å². The number of aromatic nitrogens is 3. The molecule has 0 amide bonds. The number of nitrogens with zero attached hydrogens (tertiary/aromatic N) is 4. The number of rotatable bonds is 4. The molecule has 1 unspecified atom stereocenters. The van der Waals surface area contributed by atoms with Gasteiger partial charge in [-0.3, -0.25) is 19.4 Å². The summed E-state index contributed by atoms with van der Waals surface area (Å²) in [6, 6.07) is 16.2. The molecule has 1 aliphatic heterocycles. The Morgan fingerprint density at radius 2 is 1.88 bits per heavy atom. The van der Waals surface area contributed by atoms with Crippen molar-refractivity contribution in [2.45, 2.75) is 32.4 Å². The van der Waals surface area contributed by atoms with Crippen molar-refractivity contribution in [2.75, 3.05) is 6.54 Å². The highest BCUT2D eigenvalue weighted by Gasteiger charge is 2.29. The van der Waals surface area contributed by atoms with Crippen molar-refractivity contribution >= 4 is 0 Å². The molecule has 1 saturated heterocycles. The predicted octanol–water partition coefficient (Wildman–Crippen LogP) is 3.22. The van der Waals surface area contributed by atoms with E-state index in [2.05, 4.69) is 16.0 Å². The first-order valence-electron chi connectivity index (χ1n) is 9.14. The summed E-state index contributed by atoms with van der Waals surface area (Å²) in [6.45, 7) is 3.70. The molecule has 5 nitrogen and oxygen atoms in total. The lowest BCUT2D eigenvalue weighted by Crippen LogP contribution is -2.27. The van der Waals surface area contributed by atoms with Crippen LogP contribution in [0.2, 0.25) is 0 Å². The first-order valence-corrected chi connectivity index (χ1v) is 9.14. The second-order valence-corrected chi connectivity index (χ2v) is 6.92. The van der Waals surface area contributed by atoms with Crippen LogP contribution in [-0.4, -0.2) is 25.8 Å². The van der Waals surface area contributed by atoms with Gasteiger partial charge in [0.1, 0.15) is 0 Å². The van der Waals surface area contributed by atoms with Gasteiger partial charge < -0.3 is 0 Å². The zero-order chi connectivity index (χ0) is 18.1. The average molecular weight is 348 g/mol. The Hall–Kier alpha value is -2.66. The minimum Gasteiger partial charge on any atom is -0.290 e. The maximum absolute atomic E-state index is 13.1. The summed E-state index contributed by atoms with van der Waals surface area (Å²) in [7, 11) is 1.95. The van der Waals surface area contributed by atoms with E-state index in [1.165, 1.54) is 0 Å². The van der Waals surface area contributed by atoms with Gasteiger partial charge in [0.25, 0.3) is 5.56 Å². The zero-order valence-corrected chi connectivity index (χ0v) is 15.3. The molecule has 3 heterocycles. The van der Waals surface area contributed by atoms with E-state index >= 15 is 0 Å². The second kappa shape index (κ2) is 6.92. The topological polar surface area (TPSA) is 43.1 Å². The molecule has 0 bridgehead atoms. The average Bonchev–Trinajstić information content (AvgIpc) is 3.22. The van der Waals surface area contributed by atoms with Crippen LogP contribution < -0.4 is 5.56 Å². The lowest BCUT2D eigenvalue weighted by molar-refractivity contribution is 0.243. The SMILES string of the molecule is Cc1c(CN2CCCC2c2ccccn2)c(=O)n(-c2ccccc2)n1C. The van der Waals surface area contributed by atoms with Crippen LogP contribution >= 0.6 is 0 Å². The fourth-order valence-corrected chi connectivity index (χ4v) is 3.93. The highest BCUT2D eigenvalue weighted by atomic mass is 16.1. The van der Waals surface area contributed by atoms with Crippen molar-refractivity contribution in [3.05, 3.63) is 82.0 Å². The van der Waals surface area contributed by atoms with Crippen LogP contribution in [0.3, 0.4) is 0 Å². The van der Waals surface area contributed by atoms with Crippen molar-refractivity contribution in [3.63, 3.8) is 0 Å². The van der Waals surface area contributed by atoms with E-state index < -0.39 is 0 Å². The van der Waals surface area contributed by atoms with Crippen molar-refractivity contribution in [2.24, 2.45) is 7.05 Å². The van der Waals surface area contributed by atoms with Crippen LogP contribution in [0, 0.1) is 6.92 Å². The smallest absolute Gasteiger partial charge is 0.276 e. The summed E-state index contributed by atoms with van der Waals surface area (Å²) in [5, 5.41) is 0. The fraction of sp³-hybridized carbons (Fsp3) is 0.333. The van der Waals surface area contributed by atoms with Gasteiger partial charge in [0.15, 0.2) is 0 Å². The highest BCUT2D eigenvalue weighted by Crippen LogP contribution is 2.32. The number of hydrogen-bond acceptors (Lipinski definition) is 3. The van der Waals surface area contributed by atoms with E-state index in [0.717, 1.165) is 42.0 Å². The molecular weight excluding hydrogens is 324 g/mol. The van der Waals surface area contributed by atoms with Crippen LogP contribution in [0.5, 0.6) is 0 Å². The summed E-state index contributed by atoms with van der Waals surface area (Å²) in [4.78, 5) is 20.1. The predicted molar refractivity (Wildman–Crippen MR) is 102 cm³/mol. The zero-order valence-electron chi connectivity index (χ0n) is 15.3. The summed E-state index contributed by atoms with van der Waals surface area (Å²) in [6.07, 6.45) is 4.08. The van der Waals surface area contributed by atoms with Crippen LogP contribution in [0.1, 0.15) is 35.8 Å². The fourth-order valence-electron chi connectivity index (χ4n) is 3.93. The molecule has 26 heavy (non-hydrogen) atoms. The highest BCUT2D eigenvalue weighted by molar-refractivity contribution is 5.33. The third-order valence-corrected chi connectivity index (χ3v) is 5.43. The molecule has 0 spiro atoms. The number of likely N-dealkylation sites (tertiary alicyclic amines) is 1. The van der Waals surface area contributed by atoms with Gasteiger partial charge >= 0.3 is 0 Å². The number of para-hydroxylation sites is 1. The van der Waals surface area contributed by atoms with Crippen molar-refractivity contribution < 1.29 is 0 Å². The second-order valence-electron chi connectivity index (χ2n) is 6.92. The third-order valence-electron chi connectivity index (χ3n) is 5.43. The molecule has 1 aliphatic rings. The van der Waals surface area contributed by atoms with E-state index in [1.54, 1.807) is 4.68 Å². The number of benzene rings is 1. The Kier molecular flexibility index (Phi) is 4.47. The van der Waals surface area contributed by atoms with Gasteiger partial charge in [0.05, 0.1) is 23.0 Å². The Morgan fingerprint density at radius 3 is 2.62 bits per heavy atom. The van der Waals surface area contributed by atoms with E-state index in [9.17, 15) is 4.79 Å². The summed E-state index contributed by atoms with van der Waals surface area (Å²) >= 11 is 0. The molecule has 134 valence electrons. The number of hydrogen-bond donors (Lipinski definition) is 0. The molecule has 0 saturated carbocycles. The normalized spacial score (nSPS) is 17.7. The Balaban J connectivity index is 1.68. The minimum atomic E-state index is 0.0721. The van der Waals surface area contributed by atoms with Crippen LogP contribution in [0.4, 0.5) is 0 Å². The Morgan fingerprint density at radius 1 is 1.12 bits per heavy atom. The van der Waals surface area contributed by atoms with E-state index in [4.69, 9.17) is 0 Å². The molecule has 1 fully saturated rings. The van der Waals surface area contributed by atoms with E-state index in [1.807, 2.05) is 67.3 Å².